The van der Waals surface area contributed by atoms with Crippen molar-refractivity contribution in [2.75, 3.05) is 0 Å². The smallest absolute Gasteiger partial charge is 0.305 e. The van der Waals surface area contributed by atoms with Crippen LogP contribution in [0, 0.1) is 5.82 Å². The van der Waals surface area contributed by atoms with Crippen LogP contribution in [0.5, 0.6) is 0 Å². The van der Waals surface area contributed by atoms with Crippen LogP contribution in [0.1, 0.15) is 88.4 Å². The fourth-order valence-corrected chi connectivity index (χ4v) is 5.06. The van der Waals surface area contributed by atoms with E-state index >= 15 is 0 Å². The molecule has 1 aliphatic carbocycles. The van der Waals surface area contributed by atoms with Crippen molar-refractivity contribution in [3.63, 3.8) is 0 Å². The molecular formula is C26H36FNO4. The predicted octanol–water partition coefficient (Wildman–Crippen LogP) is 5.44. The van der Waals surface area contributed by atoms with Gasteiger partial charge in [-0.2, -0.15) is 0 Å². The highest BCUT2D eigenvalue weighted by atomic mass is 19.1. The number of rotatable bonds is 10. The molecule has 2 atom stereocenters. The second kappa shape index (κ2) is 11.1. The van der Waals surface area contributed by atoms with Crippen molar-refractivity contribution in [2.24, 2.45) is 0 Å². The number of aliphatic hydroxyl groups excluding tert-OH is 2. The lowest BCUT2D eigenvalue weighted by molar-refractivity contribution is -0.139. The number of hydrogen-bond donors (Lipinski definition) is 3. The van der Waals surface area contributed by atoms with E-state index in [1.807, 2.05) is 0 Å². The molecule has 3 rings (SSSR count). The molecule has 176 valence electrons. The summed E-state index contributed by atoms with van der Waals surface area (Å²) in [6.07, 6.45) is 7.10. The summed E-state index contributed by atoms with van der Waals surface area (Å²) in [5, 5.41) is 29.2. The van der Waals surface area contributed by atoms with E-state index in [0.717, 1.165) is 29.5 Å². The van der Waals surface area contributed by atoms with Crippen LogP contribution in [0.25, 0.3) is 11.1 Å². The molecule has 1 aromatic heterocycles. The van der Waals surface area contributed by atoms with Gasteiger partial charge in [-0.3, -0.25) is 4.79 Å². The maximum Gasteiger partial charge on any atom is 0.305 e. The van der Waals surface area contributed by atoms with Crippen LogP contribution in [0.15, 0.2) is 30.5 Å². The topological polar surface area (TPSA) is 82.7 Å². The maximum absolute atomic E-state index is 13.6. The SMILES string of the molecule is CC(C)c1c(CC[C@@H](O)C[C@@H](O)CC(=O)O)c(-c2ccc(F)cc2)cn1C1CCCCC1. The second-order valence-electron chi connectivity index (χ2n) is 9.45. The van der Waals surface area contributed by atoms with E-state index in [2.05, 4.69) is 24.6 Å². The zero-order valence-corrected chi connectivity index (χ0v) is 19.1. The monoisotopic (exact) mass is 445 g/mol. The Kier molecular flexibility index (Phi) is 8.49. The van der Waals surface area contributed by atoms with E-state index in [-0.39, 0.29) is 24.6 Å². The summed E-state index contributed by atoms with van der Waals surface area (Å²) in [7, 11) is 0. The lowest BCUT2D eigenvalue weighted by Gasteiger charge is -2.27. The molecule has 32 heavy (non-hydrogen) atoms. The standard InChI is InChI=1S/C26H36FNO4/c1-17(2)26-23(13-12-21(29)14-22(30)15-25(31)32)24(18-8-10-19(27)11-9-18)16-28(26)20-6-4-3-5-7-20/h8-11,16-17,20-22,29-30H,3-7,12-15H2,1-2H3,(H,31,32)/t21-,22-/m1/s1. The molecule has 0 radical (unpaired) electrons. The summed E-state index contributed by atoms with van der Waals surface area (Å²) < 4.78 is 16.0. The molecule has 3 N–H and O–H groups in total. The molecule has 1 aromatic carbocycles. The van der Waals surface area contributed by atoms with Crippen LogP contribution in [0.3, 0.4) is 0 Å². The van der Waals surface area contributed by atoms with Gasteiger partial charge in [0.1, 0.15) is 5.82 Å². The van der Waals surface area contributed by atoms with Gasteiger partial charge in [0.25, 0.3) is 0 Å². The number of carboxylic acid groups (broad SMARTS) is 1. The number of halogens is 1. The minimum absolute atomic E-state index is 0.0402. The number of hydrogen-bond acceptors (Lipinski definition) is 3. The van der Waals surface area contributed by atoms with Crippen LogP contribution in [0.2, 0.25) is 0 Å². The molecule has 2 aromatic rings. The molecule has 0 bridgehead atoms. The van der Waals surface area contributed by atoms with Gasteiger partial charge in [-0.1, -0.05) is 45.2 Å². The summed E-state index contributed by atoms with van der Waals surface area (Å²) in [4.78, 5) is 10.8. The average molecular weight is 446 g/mol. The van der Waals surface area contributed by atoms with Gasteiger partial charge < -0.3 is 19.9 Å². The summed E-state index contributed by atoms with van der Waals surface area (Å²) in [5.41, 5.74) is 4.44. The van der Waals surface area contributed by atoms with Gasteiger partial charge in [-0.15, -0.1) is 0 Å². The molecular weight excluding hydrogens is 409 g/mol. The Balaban J connectivity index is 1.91. The van der Waals surface area contributed by atoms with Crippen LogP contribution in [0.4, 0.5) is 4.39 Å². The lowest BCUT2D eigenvalue weighted by Crippen LogP contribution is -2.21. The molecule has 0 unspecified atom stereocenters. The van der Waals surface area contributed by atoms with E-state index in [1.165, 1.54) is 37.1 Å². The molecule has 0 spiro atoms. The van der Waals surface area contributed by atoms with Crippen LogP contribution < -0.4 is 0 Å². The van der Waals surface area contributed by atoms with Crippen LogP contribution in [-0.2, 0) is 11.2 Å². The Bertz CT molecular complexity index is 884. The van der Waals surface area contributed by atoms with Crippen molar-refractivity contribution in [1.82, 2.24) is 4.57 Å². The first-order valence-electron chi connectivity index (χ1n) is 11.8. The first-order valence-corrected chi connectivity index (χ1v) is 11.8. The van der Waals surface area contributed by atoms with E-state index in [4.69, 9.17) is 5.11 Å². The third kappa shape index (κ3) is 6.20. The van der Waals surface area contributed by atoms with Crippen LogP contribution >= 0.6 is 0 Å². The number of aliphatic hydroxyl groups is 2. The summed E-state index contributed by atoms with van der Waals surface area (Å²) >= 11 is 0. The minimum atomic E-state index is -1.07. The molecule has 1 saturated carbocycles. The molecule has 1 aliphatic rings. The van der Waals surface area contributed by atoms with Gasteiger partial charge in [-0.05, 0) is 61.3 Å². The highest BCUT2D eigenvalue weighted by molar-refractivity contribution is 5.69. The quantitative estimate of drug-likeness (QED) is 0.455. The van der Waals surface area contributed by atoms with E-state index in [0.29, 0.717) is 18.9 Å². The largest absolute Gasteiger partial charge is 0.481 e. The fraction of sp³-hybridized carbons (Fsp3) is 0.577. The zero-order valence-electron chi connectivity index (χ0n) is 19.1. The third-order valence-electron chi connectivity index (χ3n) is 6.53. The van der Waals surface area contributed by atoms with E-state index < -0.39 is 18.2 Å². The summed E-state index contributed by atoms with van der Waals surface area (Å²) in [6.45, 7) is 4.36. The lowest BCUT2D eigenvalue weighted by atomic mass is 9.92. The highest BCUT2D eigenvalue weighted by Crippen LogP contribution is 2.39. The highest BCUT2D eigenvalue weighted by Gasteiger charge is 2.25. The fourth-order valence-electron chi connectivity index (χ4n) is 5.06. The Morgan fingerprint density at radius 1 is 1.09 bits per heavy atom. The van der Waals surface area contributed by atoms with E-state index in [1.54, 1.807) is 12.1 Å². The number of carboxylic acids is 1. The first-order chi connectivity index (χ1) is 15.3. The molecule has 0 saturated heterocycles. The number of benzene rings is 1. The Morgan fingerprint density at radius 3 is 2.34 bits per heavy atom. The van der Waals surface area contributed by atoms with Crippen molar-refractivity contribution in [1.29, 1.82) is 0 Å². The van der Waals surface area contributed by atoms with Crippen molar-refractivity contribution in [2.45, 2.75) is 95.8 Å². The molecule has 0 amide bonds. The van der Waals surface area contributed by atoms with Crippen molar-refractivity contribution in [3.8, 4) is 11.1 Å². The Hall–Kier alpha value is -2.18. The predicted molar refractivity (Wildman–Crippen MR) is 123 cm³/mol. The van der Waals surface area contributed by atoms with Gasteiger partial charge in [0.05, 0.1) is 18.6 Å². The summed E-state index contributed by atoms with van der Waals surface area (Å²) in [5.74, 6) is -1.06. The number of aromatic nitrogens is 1. The van der Waals surface area contributed by atoms with Gasteiger partial charge in [0.15, 0.2) is 0 Å². The maximum atomic E-state index is 13.6. The number of nitrogens with zero attached hydrogens (tertiary/aromatic N) is 1. The molecule has 1 fully saturated rings. The Labute approximate surface area is 189 Å². The number of aliphatic carboxylic acids is 1. The van der Waals surface area contributed by atoms with Gasteiger partial charge in [0.2, 0.25) is 0 Å². The average Bonchev–Trinajstić information content (AvgIpc) is 3.12. The zero-order chi connectivity index (χ0) is 23.3. The van der Waals surface area contributed by atoms with Gasteiger partial charge in [-0.25, -0.2) is 4.39 Å². The van der Waals surface area contributed by atoms with Gasteiger partial charge >= 0.3 is 5.97 Å². The van der Waals surface area contributed by atoms with Crippen molar-refractivity contribution >= 4 is 5.97 Å². The Morgan fingerprint density at radius 2 is 1.75 bits per heavy atom. The van der Waals surface area contributed by atoms with Crippen molar-refractivity contribution in [3.05, 3.63) is 47.5 Å². The normalized spacial score (nSPS) is 16.9. The van der Waals surface area contributed by atoms with Gasteiger partial charge in [0, 0.05) is 23.5 Å². The molecule has 0 aliphatic heterocycles. The summed E-state index contributed by atoms with van der Waals surface area (Å²) in [6, 6.07) is 7.01. The first kappa shape index (κ1) is 24.5. The second-order valence-corrected chi connectivity index (χ2v) is 9.45. The van der Waals surface area contributed by atoms with Crippen LogP contribution in [-0.4, -0.2) is 38.1 Å². The molecule has 5 nitrogen and oxygen atoms in total. The molecule has 6 heteroatoms. The third-order valence-corrected chi connectivity index (χ3v) is 6.53. The van der Waals surface area contributed by atoms with E-state index in [9.17, 15) is 19.4 Å². The minimum Gasteiger partial charge on any atom is -0.481 e. The van der Waals surface area contributed by atoms with Crippen molar-refractivity contribution < 1.29 is 24.5 Å². The molecule has 1 heterocycles. The number of carbonyl (C=O) groups is 1.